The first-order chi connectivity index (χ1) is 3.91. The molecule has 0 unspecified atom stereocenters. The molecule has 0 rings (SSSR count). The van der Waals surface area contributed by atoms with Crippen molar-refractivity contribution in [2.45, 2.75) is 0 Å². The summed E-state index contributed by atoms with van der Waals surface area (Å²) < 4.78 is 0. The third kappa shape index (κ3) is 5.52. The number of hydrogen-bond donors (Lipinski definition) is 2. The number of nitrogens with zero attached hydrogens (tertiary/aromatic N) is 1. The molecular formula is C4H11N3O. The smallest absolute Gasteiger partial charge is 0.131 e. The molecule has 0 atom stereocenters. The van der Waals surface area contributed by atoms with Gasteiger partial charge in [0.1, 0.15) is 6.67 Å². The van der Waals surface area contributed by atoms with E-state index in [0.29, 0.717) is 0 Å². The van der Waals surface area contributed by atoms with Crippen LogP contribution in [0.25, 0.3) is 0 Å². The average molecular weight is 117 g/mol. The van der Waals surface area contributed by atoms with E-state index in [0.717, 1.165) is 13.1 Å². The van der Waals surface area contributed by atoms with Crippen molar-refractivity contribution >= 4 is 0 Å². The molecule has 4 nitrogen and oxygen atoms in total. The Morgan fingerprint density at radius 3 is 2.75 bits per heavy atom. The lowest BCUT2D eigenvalue weighted by Crippen LogP contribution is -2.24. The third-order valence-corrected chi connectivity index (χ3v) is 0.728. The van der Waals surface area contributed by atoms with E-state index >= 15 is 0 Å². The summed E-state index contributed by atoms with van der Waals surface area (Å²) in [5.74, 6) is 0. The molecule has 0 aromatic rings. The summed E-state index contributed by atoms with van der Waals surface area (Å²) in [7, 11) is 1.86. The third-order valence-electron chi connectivity index (χ3n) is 0.728. The van der Waals surface area contributed by atoms with Crippen LogP contribution in [-0.4, -0.2) is 26.8 Å². The van der Waals surface area contributed by atoms with Crippen LogP contribution < -0.4 is 10.6 Å². The lowest BCUT2D eigenvalue weighted by molar-refractivity contribution is 0.661. The molecule has 48 valence electrons. The maximum atomic E-state index is 9.44. The van der Waals surface area contributed by atoms with Crippen molar-refractivity contribution in [3.8, 4) is 0 Å². The summed E-state index contributed by atoms with van der Waals surface area (Å²) >= 11 is 0. The summed E-state index contributed by atoms with van der Waals surface area (Å²) in [5.41, 5.74) is 0. The average Bonchev–Trinajstić information content (AvgIpc) is 1.81. The summed E-state index contributed by atoms with van der Waals surface area (Å²) in [4.78, 5) is 9.44. The Morgan fingerprint density at radius 1 is 1.50 bits per heavy atom. The molecule has 2 N–H and O–H groups in total. The maximum Gasteiger partial charge on any atom is 0.131 e. The molecule has 0 saturated heterocycles. The molecule has 0 aromatic carbocycles. The van der Waals surface area contributed by atoms with Crippen molar-refractivity contribution in [2.24, 2.45) is 5.18 Å². The predicted molar refractivity (Wildman–Crippen MR) is 32.6 cm³/mol. The van der Waals surface area contributed by atoms with Gasteiger partial charge < -0.3 is 5.32 Å². The van der Waals surface area contributed by atoms with E-state index in [-0.39, 0.29) is 6.67 Å². The second-order valence-corrected chi connectivity index (χ2v) is 1.39. The maximum absolute atomic E-state index is 9.44. The first kappa shape index (κ1) is 7.52. The predicted octanol–water partition coefficient (Wildman–Crippen LogP) is -0.481. The molecule has 0 amide bonds. The zero-order valence-corrected chi connectivity index (χ0v) is 4.98. The quantitative estimate of drug-likeness (QED) is 0.377. The van der Waals surface area contributed by atoms with Crippen molar-refractivity contribution in [3.05, 3.63) is 4.91 Å². The molecule has 0 fully saturated rings. The lowest BCUT2D eigenvalue weighted by atomic mass is 10.6. The summed E-state index contributed by atoms with van der Waals surface area (Å²) in [6.45, 7) is 1.87. The van der Waals surface area contributed by atoms with Gasteiger partial charge in [-0.15, -0.1) is 4.91 Å². The van der Waals surface area contributed by atoms with Crippen molar-refractivity contribution in [2.75, 3.05) is 26.8 Å². The monoisotopic (exact) mass is 117 g/mol. The molecule has 0 aliphatic rings. The second-order valence-electron chi connectivity index (χ2n) is 1.39. The Bertz CT molecular complexity index is 57.2. The number of nitrogens with one attached hydrogen (secondary N) is 2. The van der Waals surface area contributed by atoms with E-state index in [9.17, 15) is 4.91 Å². The van der Waals surface area contributed by atoms with Gasteiger partial charge in [0.25, 0.3) is 0 Å². The number of likely N-dealkylation sites (N-methyl/N-ethyl adjacent to an activating group) is 1. The normalized spacial score (nSPS) is 9.12. The van der Waals surface area contributed by atoms with Crippen molar-refractivity contribution in [1.29, 1.82) is 0 Å². The Hall–Kier alpha value is -0.480. The molecule has 0 aliphatic heterocycles. The number of nitroso groups, excluding NO2 is 1. The van der Waals surface area contributed by atoms with Gasteiger partial charge >= 0.3 is 0 Å². The van der Waals surface area contributed by atoms with Gasteiger partial charge in [-0.2, -0.15) is 0 Å². The topological polar surface area (TPSA) is 53.5 Å². The van der Waals surface area contributed by atoms with Gasteiger partial charge in [-0.25, -0.2) is 0 Å². The Morgan fingerprint density at radius 2 is 2.25 bits per heavy atom. The fourth-order valence-corrected chi connectivity index (χ4v) is 0.338. The highest BCUT2D eigenvalue weighted by Crippen LogP contribution is 1.57. The highest BCUT2D eigenvalue weighted by Gasteiger charge is 1.79. The van der Waals surface area contributed by atoms with Crippen LogP contribution in [0.1, 0.15) is 0 Å². The zero-order valence-electron chi connectivity index (χ0n) is 4.98. The summed E-state index contributed by atoms with van der Waals surface area (Å²) in [6, 6.07) is 0. The summed E-state index contributed by atoms with van der Waals surface area (Å²) in [6.07, 6.45) is 0. The minimum atomic E-state index is 0.210. The van der Waals surface area contributed by atoms with Crippen LogP contribution in [0.15, 0.2) is 5.18 Å². The van der Waals surface area contributed by atoms with Gasteiger partial charge in [-0.05, 0) is 7.05 Å². The van der Waals surface area contributed by atoms with Crippen LogP contribution in [-0.2, 0) is 0 Å². The van der Waals surface area contributed by atoms with E-state index < -0.39 is 0 Å². The zero-order chi connectivity index (χ0) is 6.24. The van der Waals surface area contributed by atoms with Crippen molar-refractivity contribution in [3.63, 3.8) is 0 Å². The first-order valence-corrected chi connectivity index (χ1v) is 2.56. The van der Waals surface area contributed by atoms with Gasteiger partial charge in [-0.3, -0.25) is 5.32 Å². The molecule has 8 heavy (non-hydrogen) atoms. The Labute approximate surface area is 48.6 Å². The Balaban J connectivity index is 2.62. The fourth-order valence-electron chi connectivity index (χ4n) is 0.338. The second kappa shape index (κ2) is 6.52. The molecule has 0 aliphatic carbocycles. The number of hydrogen-bond acceptors (Lipinski definition) is 4. The lowest BCUT2D eigenvalue weighted by Gasteiger charge is -1.95. The molecule has 0 spiro atoms. The molecule has 0 bridgehead atoms. The van der Waals surface area contributed by atoms with Crippen LogP contribution in [0.5, 0.6) is 0 Å². The standard InChI is InChI=1S/C4H11N3O/c1-5-2-3-6-4-7-8/h5-6H,2-4H2,1H3. The highest BCUT2D eigenvalue weighted by atomic mass is 16.3. The first-order valence-electron chi connectivity index (χ1n) is 2.56. The van der Waals surface area contributed by atoms with Crippen LogP contribution in [0.2, 0.25) is 0 Å². The molecular weight excluding hydrogens is 106 g/mol. The van der Waals surface area contributed by atoms with E-state index in [2.05, 4.69) is 15.8 Å². The van der Waals surface area contributed by atoms with Crippen molar-refractivity contribution in [1.82, 2.24) is 10.6 Å². The van der Waals surface area contributed by atoms with Crippen molar-refractivity contribution < 1.29 is 0 Å². The largest absolute Gasteiger partial charge is 0.318 e. The van der Waals surface area contributed by atoms with E-state index in [1.54, 1.807) is 0 Å². The molecule has 0 aromatic heterocycles. The Kier molecular flexibility index (Phi) is 6.13. The molecule has 0 heterocycles. The van der Waals surface area contributed by atoms with E-state index in [1.807, 2.05) is 7.05 Å². The van der Waals surface area contributed by atoms with Gasteiger partial charge in [0.2, 0.25) is 0 Å². The van der Waals surface area contributed by atoms with Gasteiger partial charge in [0.05, 0.1) is 0 Å². The SMILES string of the molecule is CNCCNCN=O. The minimum Gasteiger partial charge on any atom is -0.318 e. The van der Waals surface area contributed by atoms with E-state index in [4.69, 9.17) is 0 Å². The molecule has 0 saturated carbocycles. The molecule has 0 radical (unpaired) electrons. The van der Waals surface area contributed by atoms with Gasteiger partial charge in [0.15, 0.2) is 0 Å². The van der Waals surface area contributed by atoms with Crippen LogP contribution in [0, 0.1) is 4.91 Å². The van der Waals surface area contributed by atoms with Gasteiger partial charge in [0, 0.05) is 13.1 Å². The minimum absolute atomic E-state index is 0.210. The highest BCUT2D eigenvalue weighted by molar-refractivity contribution is 4.44. The van der Waals surface area contributed by atoms with Gasteiger partial charge in [-0.1, -0.05) is 5.18 Å². The fraction of sp³-hybridized carbons (Fsp3) is 1.00. The van der Waals surface area contributed by atoms with E-state index in [1.165, 1.54) is 0 Å². The molecule has 4 heteroatoms. The number of rotatable bonds is 5. The van der Waals surface area contributed by atoms with Crippen LogP contribution in [0.3, 0.4) is 0 Å². The summed E-state index contributed by atoms with van der Waals surface area (Å²) in [5, 5.41) is 8.33. The van der Waals surface area contributed by atoms with Crippen LogP contribution in [0.4, 0.5) is 0 Å². The van der Waals surface area contributed by atoms with Crippen LogP contribution >= 0.6 is 0 Å².